The molecule has 21 heavy (non-hydrogen) atoms. The number of imidazole rings is 1. The molecule has 1 aliphatic heterocycles. The third-order valence-electron chi connectivity index (χ3n) is 3.45. The van der Waals surface area contributed by atoms with Crippen LogP contribution in [0.5, 0.6) is 11.6 Å². The summed E-state index contributed by atoms with van der Waals surface area (Å²) in [6.45, 7) is 0. The summed E-state index contributed by atoms with van der Waals surface area (Å²) in [6, 6.07) is 13.1. The van der Waals surface area contributed by atoms with Crippen molar-refractivity contribution in [2.24, 2.45) is 0 Å². The molecule has 1 aromatic heterocycles. The van der Waals surface area contributed by atoms with E-state index in [9.17, 15) is 0 Å². The Kier molecular flexibility index (Phi) is 2.91. The lowest BCUT2D eigenvalue weighted by Crippen LogP contribution is -2.02. The lowest BCUT2D eigenvalue weighted by atomic mass is 10.1. The normalized spacial score (nSPS) is 12.5. The van der Waals surface area contributed by atoms with Crippen LogP contribution in [0.25, 0.3) is 11.4 Å². The minimum Gasteiger partial charge on any atom is -0.437 e. The fourth-order valence-electron chi connectivity index (χ4n) is 2.42. The van der Waals surface area contributed by atoms with Crippen molar-refractivity contribution >= 4 is 23.2 Å². The number of nitrogens with zero attached hydrogens (tertiary/aromatic N) is 1. The predicted molar refractivity (Wildman–Crippen MR) is 83.4 cm³/mol. The molecule has 3 nitrogen and oxygen atoms in total. The number of aromatic amines is 1. The zero-order chi connectivity index (χ0) is 14.4. The number of hydrogen-bond acceptors (Lipinski definition) is 2. The Morgan fingerprint density at radius 2 is 1.76 bits per heavy atom. The summed E-state index contributed by atoms with van der Waals surface area (Å²) in [5, 5.41) is 1.41. The third-order valence-corrected chi connectivity index (χ3v) is 3.94. The summed E-state index contributed by atoms with van der Waals surface area (Å²) in [4.78, 5) is 7.83. The molecule has 0 saturated carbocycles. The largest absolute Gasteiger partial charge is 0.437 e. The fourth-order valence-corrected chi connectivity index (χ4v) is 2.74. The fraction of sp³-hybridized carbons (Fsp3) is 0.0625. The second-order valence-electron chi connectivity index (χ2n) is 4.91. The SMILES string of the molecule is Clc1ccc(-c2nc3c([nH]2)Cc2cc(Cl)ccc2O3)cc1. The van der Waals surface area contributed by atoms with Crippen molar-refractivity contribution in [1.82, 2.24) is 9.97 Å². The molecule has 0 bridgehead atoms. The van der Waals surface area contributed by atoms with Gasteiger partial charge in [0.25, 0.3) is 0 Å². The molecular weight excluding hydrogens is 307 g/mol. The standard InChI is InChI=1S/C16H10Cl2N2O/c17-11-3-1-9(2-4-11)15-19-13-8-10-7-12(18)5-6-14(10)21-16(13)20-15/h1-7H,8H2,(H,19,20). The number of H-pyrrole nitrogens is 1. The Hall–Kier alpha value is -1.97. The van der Waals surface area contributed by atoms with Crippen molar-refractivity contribution in [2.75, 3.05) is 0 Å². The van der Waals surface area contributed by atoms with Crippen LogP contribution in [0.3, 0.4) is 0 Å². The van der Waals surface area contributed by atoms with Gasteiger partial charge in [-0.3, -0.25) is 0 Å². The molecule has 3 aromatic rings. The van der Waals surface area contributed by atoms with Gasteiger partial charge in [0.15, 0.2) is 0 Å². The second-order valence-corrected chi connectivity index (χ2v) is 5.78. The van der Waals surface area contributed by atoms with Crippen LogP contribution in [-0.2, 0) is 6.42 Å². The smallest absolute Gasteiger partial charge is 0.241 e. The lowest BCUT2D eigenvalue weighted by Gasteiger charge is -2.15. The molecular formula is C16H10Cl2N2O. The van der Waals surface area contributed by atoms with E-state index in [1.165, 1.54) is 0 Å². The average Bonchev–Trinajstić information content (AvgIpc) is 2.88. The quantitative estimate of drug-likeness (QED) is 0.531. The molecule has 4 rings (SSSR count). The molecule has 2 aromatic carbocycles. The van der Waals surface area contributed by atoms with Crippen LogP contribution < -0.4 is 4.74 Å². The number of nitrogens with one attached hydrogen (secondary N) is 1. The molecule has 1 aliphatic rings. The van der Waals surface area contributed by atoms with Crippen LogP contribution >= 0.6 is 23.2 Å². The van der Waals surface area contributed by atoms with Gasteiger partial charge in [-0.2, -0.15) is 4.98 Å². The first-order valence-electron chi connectivity index (χ1n) is 6.50. The zero-order valence-electron chi connectivity index (χ0n) is 10.9. The summed E-state index contributed by atoms with van der Waals surface area (Å²) < 4.78 is 5.83. The van der Waals surface area contributed by atoms with Gasteiger partial charge >= 0.3 is 0 Å². The van der Waals surface area contributed by atoms with Crippen LogP contribution in [0.15, 0.2) is 42.5 Å². The third kappa shape index (κ3) is 2.28. The van der Waals surface area contributed by atoms with Crippen molar-refractivity contribution in [3.63, 3.8) is 0 Å². The Bertz CT molecular complexity index is 825. The van der Waals surface area contributed by atoms with E-state index in [1.807, 2.05) is 42.5 Å². The van der Waals surface area contributed by atoms with E-state index in [0.717, 1.165) is 34.8 Å². The van der Waals surface area contributed by atoms with Crippen LogP contribution in [0, 0.1) is 0 Å². The Balaban J connectivity index is 1.73. The van der Waals surface area contributed by atoms with Crippen LogP contribution in [0.4, 0.5) is 0 Å². The van der Waals surface area contributed by atoms with E-state index in [2.05, 4.69) is 9.97 Å². The number of aromatic nitrogens is 2. The first-order valence-corrected chi connectivity index (χ1v) is 7.26. The molecule has 0 radical (unpaired) electrons. The summed E-state index contributed by atoms with van der Waals surface area (Å²) in [7, 11) is 0. The van der Waals surface area contributed by atoms with Crippen molar-refractivity contribution in [3.8, 4) is 23.0 Å². The highest BCUT2D eigenvalue weighted by Crippen LogP contribution is 2.37. The Labute approximate surface area is 131 Å². The van der Waals surface area contributed by atoms with E-state index in [0.29, 0.717) is 15.9 Å². The highest BCUT2D eigenvalue weighted by Gasteiger charge is 2.21. The van der Waals surface area contributed by atoms with Crippen LogP contribution in [0.1, 0.15) is 11.3 Å². The molecule has 0 unspecified atom stereocenters. The van der Waals surface area contributed by atoms with Crippen molar-refractivity contribution < 1.29 is 4.74 Å². The second kappa shape index (κ2) is 4.79. The number of benzene rings is 2. The van der Waals surface area contributed by atoms with E-state index < -0.39 is 0 Å². The minimum atomic E-state index is 0.620. The van der Waals surface area contributed by atoms with E-state index in [1.54, 1.807) is 0 Å². The van der Waals surface area contributed by atoms with Gasteiger partial charge in [0.05, 0.1) is 5.69 Å². The molecule has 5 heteroatoms. The number of rotatable bonds is 1. The van der Waals surface area contributed by atoms with Gasteiger partial charge in [-0.05, 0) is 42.5 Å². The molecule has 0 saturated heterocycles. The Morgan fingerprint density at radius 3 is 2.57 bits per heavy atom. The molecule has 1 N–H and O–H groups in total. The van der Waals surface area contributed by atoms with Gasteiger partial charge < -0.3 is 9.72 Å². The first kappa shape index (κ1) is 12.7. The van der Waals surface area contributed by atoms with Gasteiger partial charge in [0.1, 0.15) is 11.6 Å². The minimum absolute atomic E-state index is 0.620. The van der Waals surface area contributed by atoms with Crippen molar-refractivity contribution in [2.45, 2.75) is 6.42 Å². The van der Waals surface area contributed by atoms with Gasteiger partial charge in [0.2, 0.25) is 5.88 Å². The molecule has 104 valence electrons. The van der Waals surface area contributed by atoms with Crippen LogP contribution in [-0.4, -0.2) is 9.97 Å². The maximum atomic E-state index is 6.03. The van der Waals surface area contributed by atoms with Gasteiger partial charge in [-0.1, -0.05) is 23.2 Å². The lowest BCUT2D eigenvalue weighted by molar-refractivity contribution is 0.443. The molecule has 0 amide bonds. The highest BCUT2D eigenvalue weighted by atomic mass is 35.5. The first-order chi connectivity index (χ1) is 10.2. The maximum absolute atomic E-state index is 6.03. The molecule has 0 spiro atoms. The topological polar surface area (TPSA) is 37.9 Å². The number of halogens is 2. The van der Waals surface area contributed by atoms with E-state index in [4.69, 9.17) is 27.9 Å². The number of hydrogen-bond donors (Lipinski definition) is 1. The summed E-state index contributed by atoms with van der Waals surface area (Å²) in [5.41, 5.74) is 2.98. The zero-order valence-corrected chi connectivity index (χ0v) is 12.4. The molecule has 0 aliphatic carbocycles. The number of fused-ring (bicyclic) bond motifs is 2. The molecule has 2 heterocycles. The van der Waals surface area contributed by atoms with Gasteiger partial charge in [-0.25, -0.2) is 0 Å². The van der Waals surface area contributed by atoms with Crippen molar-refractivity contribution in [3.05, 3.63) is 63.8 Å². The van der Waals surface area contributed by atoms with Crippen molar-refractivity contribution in [1.29, 1.82) is 0 Å². The maximum Gasteiger partial charge on any atom is 0.241 e. The van der Waals surface area contributed by atoms with Gasteiger partial charge in [-0.15, -0.1) is 0 Å². The monoisotopic (exact) mass is 316 g/mol. The number of ether oxygens (including phenoxy) is 1. The summed E-state index contributed by atoms with van der Waals surface area (Å²) in [5.74, 6) is 2.20. The predicted octanol–water partition coefficient (Wildman–Crippen LogP) is 5.08. The van der Waals surface area contributed by atoms with E-state index >= 15 is 0 Å². The summed E-state index contributed by atoms with van der Waals surface area (Å²) in [6.07, 6.45) is 0.728. The molecule has 0 fully saturated rings. The Morgan fingerprint density at radius 1 is 1.00 bits per heavy atom. The highest BCUT2D eigenvalue weighted by molar-refractivity contribution is 6.31. The summed E-state index contributed by atoms with van der Waals surface area (Å²) >= 11 is 11.9. The average molecular weight is 317 g/mol. The molecule has 0 atom stereocenters. The van der Waals surface area contributed by atoms with Crippen LogP contribution in [0.2, 0.25) is 10.0 Å². The van der Waals surface area contributed by atoms with Gasteiger partial charge in [0, 0.05) is 27.6 Å². The van der Waals surface area contributed by atoms with E-state index in [-0.39, 0.29) is 0 Å².